The average molecular weight is 256 g/mol. The number of hydrogen-bond acceptors (Lipinski definition) is 3. The third-order valence-electron chi connectivity index (χ3n) is 2.92. The highest BCUT2D eigenvalue weighted by Crippen LogP contribution is 2.49. The molecule has 1 aromatic carbocycles. The van der Waals surface area contributed by atoms with Gasteiger partial charge in [-0.3, -0.25) is 0 Å². The molecule has 18 heavy (non-hydrogen) atoms. The molecule has 1 aliphatic carbocycles. The molecule has 0 saturated heterocycles. The van der Waals surface area contributed by atoms with Gasteiger partial charge in [-0.2, -0.15) is 0 Å². The van der Waals surface area contributed by atoms with Crippen LogP contribution in [0.4, 0.5) is 8.78 Å². The van der Waals surface area contributed by atoms with E-state index >= 15 is 0 Å². The third-order valence-corrected chi connectivity index (χ3v) is 2.92. The van der Waals surface area contributed by atoms with Crippen LogP contribution in [-0.2, 0) is 19.9 Å². The van der Waals surface area contributed by atoms with E-state index in [1.54, 1.807) is 6.92 Å². The summed E-state index contributed by atoms with van der Waals surface area (Å²) in [5, 5.41) is 0. The Balaban J connectivity index is 2.03. The lowest BCUT2D eigenvalue weighted by Gasteiger charge is -2.16. The zero-order chi connectivity index (χ0) is 13.2. The first-order valence-electron chi connectivity index (χ1n) is 5.82. The predicted molar refractivity (Wildman–Crippen MR) is 59.9 cm³/mol. The van der Waals surface area contributed by atoms with Crippen LogP contribution < -0.4 is 0 Å². The summed E-state index contributed by atoms with van der Waals surface area (Å²) < 4.78 is 36.2. The van der Waals surface area contributed by atoms with Crippen LogP contribution in [0.25, 0.3) is 0 Å². The van der Waals surface area contributed by atoms with Crippen LogP contribution >= 0.6 is 0 Å². The first kappa shape index (κ1) is 13.0. The van der Waals surface area contributed by atoms with Gasteiger partial charge >= 0.3 is 5.97 Å². The molecule has 2 rings (SSSR count). The molecular formula is C13H14F2O3. The molecule has 1 saturated carbocycles. The second-order valence-electron chi connectivity index (χ2n) is 4.22. The van der Waals surface area contributed by atoms with Crippen molar-refractivity contribution in [3.63, 3.8) is 0 Å². The van der Waals surface area contributed by atoms with E-state index in [-0.39, 0.29) is 6.61 Å². The van der Waals surface area contributed by atoms with Crippen molar-refractivity contribution in [2.45, 2.75) is 25.4 Å². The molecule has 0 aromatic heterocycles. The summed E-state index contributed by atoms with van der Waals surface area (Å²) in [6.07, 6.45) is 1.38. The highest BCUT2D eigenvalue weighted by atomic mass is 19.2. The maximum absolute atomic E-state index is 13.1. The summed E-state index contributed by atoms with van der Waals surface area (Å²) >= 11 is 0. The number of halogens is 2. The van der Waals surface area contributed by atoms with Crippen molar-refractivity contribution in [3.05, 3.63) is 35.4 Å². The van der Waals surface area contributed by atoms with E-state index in [0.29, 0.717) is 25.0 Å². The first-order chi connectivity index (χ1) is 8.57. The van der Waals surface area contributed by atoms with Crippen LogP contribution in [0, 0.1) is 11.6 Å². The van der Waals surface area contributed by atoms with Gasteiger partial charge in [0.25, 0.3) is 0 Å². The Kier molecular flexibility index (Phi) is 3.61. The van der Waals surface area contributed by atoms with Crippen LogP contribution in [-0.4, -0.2) is 19.2 Å². The van der Waals surface area contributed by atoms with Gasteiger partial charge in [-0.05, 0) is 37.5 Å². The van der Waals surface area contributed by atoms with E-state index in [2.05, 4.69) is 0 Å². The van der Waals surface area contributed by atoms with E-state index in [4.69, 9.17) is 9.47 Å². The molecule has 1 aromatic rings. The summed E-state index contributed by atoms with van der Waals surface area (Å²) in [5.74, 6) is -2.25. The Morgan fingerprint density at radius 2 is 2.06 bits per heavy atom. The van der Waals surface area contributed by atoms with Gasteiger partial charge in [0.05, 0.1) is 12.2 Å². The maximum Gasteiger partial charge on any atom is 0.332 e. The summed E-state index contributed by atoms with van der Waals surface area (Å²) in [6.45, 7) is 1.83. The summed E-state index contributed by atoms with van der Waals surface area (Å²) in [5.41, 5.74) is -0.0907. The van der Waals surface area contributed by atoms with Crippen molar-refractivity contribution >= 4 is 5.97 Å². The molecule has 0 atom stereocenters. The minimum absolute atomic E-state index is 0.174. The molecule has 0 spiro atoms. The predicted octanol–water partition coefficient (Wildman–Crippen LogP) is 2.53. The number of esters is 1. The summed E-state index contributed by atoms with van der Waals surface area (Å²) in [7, 11) is 0. The SMILES string of the molecule is CCOC(=O)COC1(c2ccc(F)c(F)c2)CC1. The van der Waals surface area contributed by atoms with Gasteiger partial charge in [0.1, 0.15) is 6.61 Å². The fraction of sp³-hybridized carbons (Fsp3) is 0.462. The van der Waals surface area contributed by atoms with Crippen molar-refractivity contribution < 1.29 is 23.0 Å². The largest absolute Gasteiger partial charge is 0.464 e. The Morgan fingerprint density at radius 3 is 2.61 bits per heavy atom. The Bertz CT molecular complexity index is 456. The van der Waals surface area contributed by atoms with Gasteiger partial charge in [0.2, 0.25) is 0 Å². The smallest absolute Gasteiger partial charge is 0.332 e. The fourth-order valence-corrected chi connectivity index (χ4v) is 1.81. The van der Waals surface area contributed by atoms with E-state index in [1.807, 2.05) is 0 Å². The van der Waals surface area contributed by atoms with Crippen molar-refractivity contribution in [1.29, 1.82) is 0 Å². The lowest BCUT2D eigenvalue weighted by atomic mass is 10.1. The van der Waals surface area contributed by atoms with Crippen molar-refractivity contribution in [3.8, 4) is 0 Å². The third kappa shape index (κ3) is 2.67. The summed E-state index contributed by atoms with van der Waals surface area (Å²) in [6, 6.07) is 3.67. The highest BCUT2D eigenvalue weighted by Gasteiger charge is 2.46. The molecule has 0 amide bonds. The lowest BCUT2D eigenvalue weighted by molar-refractivity contribution is -0.151. The van der Waals surface area contributed by atoms with Gasteiger partial charge in [-0.25, -0.2) is 13.6 Å². The van der Waals surface area contributed by atoms with E-state index < -0.39 is 23.2 Å². The number of rotatable bonds is 5. The molecule has 0 bridgehead atoms. The fourth-order valence-electron chi connectivity index (χ4n) is 1.81. The molecule has 3 nitrogen and oxygen atoms in total. The number of ether oxygens (including phenoxy) is 2. The molecule has 98 valence electrons. The van der Waals surface area contributed by atoms with Crippen LogP contribution in [0.2, 0.25) is 0 Å². The Hall–Kier alpha value is -1.49. The molecule has 1 aliphatic rings. The molecular weight excluding hydrogens is 242 g/mol. The van der Waals surface area contributed by atoms with Crippen LogP contribution in [0.15, 0.2) is 18.2 Å². The second kappa shape index (κ2) is 5.02. The van der Waals surface area contributed by atoms with Crippen LogP contribution in [0.1, 0.15) is 25.3 Å². The number of benzene rings is 1. The van der Waals surface area contributed by atoms with Gasteiger partial charge in [-0.1, -0.05) is 6.07 Å². The Labute approximate surface area is 104 Å². The normalized spacial score (nSPS) is 16.4. The van der Waals surface area contributed by atoms with E-state index in [9.17, 15) is 13.6 Å². The van der Waals surface area contributed by atoms with E-state index in [0.717, 1.165) is 12.1 Å². The van der Waals surface area contributed by atoms with Gasteiger partial charge in [-0.15, -0.1) is 0 Å². The van der Waals surface area contributed by atoms with Crippen LogP contribution in [0.5, 0.6) is 0 Å². The zero-order valence-electron chi connectivity index (χ0n) is 10.0. The molecule has 0 aliphatic heterocycles. The number of carbonyl (C=O) groups is 1. The molecule has 0 heterocycles. The highest BCUT2D eigenvalue weighted by molar-refractivity contribution is 5.70. The second-order valence-corrected chi connectivity index (χ2v) is 4.22. The summed E-state index contributed by atoms with van der Waals surface area (Å²) in [4.78, 5) is 11.2. The van der Waals surface area contributed by atoms with Crippen molar-refractivity contribution in [2.24, 2.45) is 0 Å². The van der Waals surface area contributed by atoms with Crippen molar-refractivity contribution in [1.82, 2.24) is 0 Å². The average Bonchev–Trinajstić information content (AvgIpc) is 3.12. The number of hydrogen-bond donors (Lipinski definition) is 0. The quantitative estimate of drug-likeness (QED) is 0.759. The van der Waals surface area contributed by atoms with Gasteiger partial charge in [0, 0.05) is 0 Å². The lowest BCUT2D eigenvalue weighted by Crippen LogP contribution is -2.20. The van der Waals surface area contributed by atoms with Crippen LogP contribution in [0.3, 0.4) is 0 Å². The standard InChI is InChI=1S/C13H14F2O3/c1-2-17-12(16)8-18-13(5-6-13)9-3-4-10(14)11(15)7-9/h3-4,7H,2,5-6,8H2,1H3. The van der Waals surface area contributed by atoms with Crippen molar-refractivity contribution in [2.75, 3.05) is 13.2 Å². The molecule has 0 radical (unpaired) electrons. The van der Waals surface area contributed by atoms with Gasteiger partial charge < -0.3 is 9.47 Å². The molecule has 0 N–H and O–H groups in total. The zero-order valence-corrected chi connectivity index (χ0v) is 10.0. The molecule has 1 fully saturated rings. The minimum Gasteiger partial charge on any atom is -0.464 e. The monoisotopic (exact) mass is 256 g/mol. The molecule has 0 unspecified atom stereocenters. The minimum atomic E-state index is -0.904. The molecule has 5 heteroatoms. The number of carbonyl (C=O) groups excluding carboxylic acids is 1. The van der Waals surface area contributed by atoms with Gasteiger partial charge in [0.15, 0.2) is 11.6 Å². The topological polar surface area (TPSA) is 35.5 Å². The Morgan fingerprint density at radius 1 is 1.33 bits per heavy atom. The maximum atomic E-state index is 13.1. The van der Waals surface area contributed by atoms with E-state index in [1.165, 1.54) is 6.07 Å². The first-order valence-corrected chi connectivity index (χ1v) is 5.82.